The number of fused-ring (bicyclic) bond motifs is 2. The van der Waals surface area contributed by atoms with Crippen molar-refractivity contribution >= 4 is 56.2 Å². The van der Waals surface area contributed by atoms with Crippen LogP contribution in [-0.2, 0) is 17.9 Å². The van der Waals surface area contributed by atoms with E-state index >= 15 is 0 Å². The highest BCUT2D eigenvalue weighted by atomic mass is 32.2. The SMILES string of the molecule is Cn1c2ccccc2c(=O)c2cc([S+](c3ccc(SCCO)cc3)c3ccc(SCCO)cc3)ccc21. The van der Waals surface area contributed by atoms with Crippen LogP contribution in [0.2, 0.25) is 0 Å². The smallest absolute Gasteiger partial charge is 0.197 e. The van der Waals surface area contributed by atoms with Crippen LogP contribution in [0.15, 0.2) is 120 Å². The van der Waals surface area contributed by atoms with Crippen molar-refractivity contribution in [2.45, 2.75) is 24.5 Å². The Morgan fingerprint density at radius 3 is 1.76 bits per heavy atom. The summed E-state index contributed by atoms with van der Waals surface area (Å²) in [5.41, 5.74) is 1.90. The molecule has 0 aliphatic rings. The second-order valence-corrected chi connectivity index (χ2v) is 12.8. The topological polar surface area (TPSA) is 62.5 Å². The molecule has 5 aromatic rings. The number of aliphatic hydroxyl groups excluding tert-OH is 2. The van der Waals surface area contributed by atoms with Gasteiger partial charge in [-0.2, -0.15) is 0 Å². The van der Waals surface area contributed by atoms with E-state index in [0.29, 0.717) is 11.5 Å². The highest BCUT2D eigenvalue weighted by Gasteiger charge is 2.29. The van der Waals surface area contributed by atoms with Crippen molar-refractivity contribution in [1.82, 2.24) is 4.57 Å². The summed E-state index contributed by atoms with van der Waals surface area (Å²) in [5, 5.41) is 19.8. The summed E-state index contributed by atoms with van der Waals surface area (Å²) in [5.74, 6) is 1.33. The van der Waals surface area contributed by atoms with Gasteiger partial charge in [0.05, 0.1) is 40.5 Å². The molecule has 5 rings (SSSR count). The van der Waals surface area contributed by atoms with Gasteiger partial charge in [-0.1, -0.05) is 12.1 Å². The van der Waals surface area contributed by atoms with Crippen LogP contribution in [0.1, 0.15) is 0 Å². The molecule has 0 amide bonds. The van der Waals surface area contributed by atoms with E-state index < -0.39 is 10.9 Å². The van der Waals surface area contributed by atoms with Gasteiger partial charge in [0.1, 0.15) is 0 Å². The van der Waals surface area contributed by atoms with E-state index in [0.717, 1.165) is 36.5 Å². The molecule has 0 fully saturated rings. The molecule has 1 heterocycles. The van der Waals surface area contributed by atoms with Crippen LogP contribution >= 0.6 is 23.5 Å². The Kier molecular flexibility index (Phi) is 8.27. The van der Waals surface area contributed by atoms with E-state index in [4.69, 9.17) is 0 Å². The fraction of sp³-hybridized carbons (Fsp3) is 0.167. The number of hydrogen-bond acceptors (Lipinski definition) is 5. The summed E-state index contributed by atoms with van der Waals surface area (Å²) in [6.45, 7) is 0.302. The van der Waals surface area contributed by atoms with Crippen molar-refractivity contribution in [3.05, 3.63) is 101 Å². The molecule has 4 aromatic carbocycles. The van der Waals surface area contributed by atoms with Crippen LogP contribution < -0.4 is 5.43 Å². The maximum absolute atomic E-state index is 13.5. The molecular weight excluding hydrogens is 519 g/mol. The Hall–Kier alpha value is -2.68. The largest absolute Gasteiger partial charge is 0.396 e. The summed E-state index contributed by atoms with van der Waals surface area (Å²) in [7, 11) is 1.60. The fourth-order valence-electron chi connectivity index (χ4n) is 4.43. The average molecular weight is 547 g/mol. The minimum Gasteiger partial charge on any atom is -0.396 e. The molecule has 188 valence electrons. The lowest BCUT2D eigenvalue weighted by molar-refractivity contribution is 0.322. The van der Waals surface area contributed by atoms with Crippen LogP contribution in [0.4, 0.5) is 0 Å². The van der Waals surface area contributed by atoms with Gasteiger partial charge in [0.25, 0.3) is 0 Å². The molecule has 0 spiro atoms. The molecule has 1 aromatic heterocycles. The van der Waals surface area contributed by atoms with Crippen LogP contribution in [0.3, 0.4) is 0 Å². The van der Waals surface area contributed by atoms with Gasteiger partial charge in [-0.3, -0.25) is 4.79 Å². The van der Waals surface area contributed by atoms with Crippen molar-refractivity contribution in [1.29, 1.82) is 0 Å². The van der Waals surface area contributed by atoms with Crippen molar-refractivity contribution < 1.29 is 10.2 Å². The molecular formula is C30H28NO3S3+. The number of rotatable bonds is 9. The lowest BCUT2D eigenvalue weighted by atomic mass is 10.1. The number of hydrogen-bond donors (Lipinski definition) is 2. The highest BCUT2D eigenvalue weighted by molar-refractivity contribution is 7.99. The zero-order valence-corrected chi connectivity index (χ0v) is 22.9. The summed E-state index contributed by atoms with van der Waals surface area (Å²) in [6.07, 6.45) is 0. The Balaban J connectivity index is 1.64. The first kappa shape index (κ1) is 25.9. The number of pyridine rings is 1. The van der Waals surface area contributed by atoms with Crippen molar-refractivity contribution in [3.63, 3.8) is 0 Å². The van der Waals surface area contributed by atoms with Gasteiger partial charge in [-0.15, -0.1) is 23.5 Å². The molecule has 0 radical (unpaired) electrons. The van der Waals surface area contributed by atoms with E-state index in [1.165, 1.54) is 9.79 Å². The highest BCUT2D eigenvalue weighted by Crippen LogP contribution is 2.35. The Labute approximate surface area is 227 Å². The number of aryl methyl sites for hydroxylation is 1. The first-order valence-electron chi connectivity index (χ1n) is 12.0. The van der Waals surface area contributed by atoms with Gasteiger partial charge in [0.2, 0.25) is 0 Å². The average Bonchev–Trinajstić information content (AvgIpc) is 2.95. The maximum atomic E-state index is 13.5. The number of benzene rings is 4. The molecule has 0 atom stereocenters. The fourth-order valence-corrected chi connectivity index (χ4v) is 7.81. The normalized spacial score (nSPS) is 11.6. The third kappa shape index (κ3) is 5.47. The molecule has 0 saturated heterocycles. The van der Waals surface area contributed by atoms with Crippen molar-refractivity contribution in [2.75, 3.05) is 24.7 Å². The van der Waals surface area contributed by atoms with Gasteiger partial charge in [0.15, 0.2) is 20.1 Å². The molecule has 4 nitrogen and oxygen atoms in total. The van der Waals surface area contributed by atoms with E-state index in [-0.39, 0.29) is 18.6 Å². The lowest BCUT2D eigenvalue weighted by Crippen LogP contribution is -2.11. The van der Waals surface area contributed by atoms with Gasteiger partial charge in [0, 0.05) is 39.8 Å². The summed E-state index contributed by atoms with van der Waals surface area (Å²) in [4.78, 5) is 19.2. The standard InChI is InChI=1S/C30H28NO3S3/c1-31-28-5-3-2-4-26(28)30(34)27-20-25(14-15-29(27)31)37(23-10-6-21(7-11-23)35-18-16-32)24-12-8-22(9-13-24)36-19-17-33/h2-15,20,32-33H,16-19H2,1H3/q+1. The van der Waals surface area contributed by atoms with Crippen LogP contribution in [0.5, 0.6) is 0 Å². The molecule has 7 heteroatoms. The van der Waals surface area contributed by atoms with Crippen LogP contribution in [-0.4, -0.2) is 39.5 Å². The van der Waals surface area contributed by atoms with Gasteiger partial charge in [-0.25, -0.2) is 0 Å². The zero-order valence-electron chi connectivity index (χ0n) is 20.5. The molecule has 0 unspecified atom stereocenters. The third-order valence-electron chi connectivity index (χ3n) is 6.16. The van der Waals surface area contributed by atoms with Crippen molar-refractivity contribution in [3.8, 4) is 0 Å². The molecule has 0 aliphatic heterocycles. The molecule has 2 N–H and O–H groups in total. The molecule has 0 aliphatic carbocycles. The summed E-state index contributed by atoms with van der Waals surface area (Å²) >= 11 is 3.27. The monoisotopic (exact) mass is 546 g/mol. The third-order valence-corrected chi connectivity index (χ3v) is 10.4. The molecule has 37 heavy (non-hydrogen) atoms. The number of aliphatic hydroxyl groups is 2. The predicted molar refractivity (Wildman–Crippen MR) is 157 cm³/mol. The van der Waals surface area contributed by atoms with Crippen LogP contribution in [0.25, 0.3) is 21.8 Å². The van der Waals surface area contributed by atoms with E-state index in [1.807, 2.05) is 31.3 Å². The Morgan fingerprint density at radius 1 is 0.676 bits per heavy atom. The van der Waals surface area contributed by atoms with Gasteiger partial charge >= 0.3 is 0 Å². The molecule has 0 bridgehead atoms. The van der Waals surface area contributed by atoms with Crippen LogP contribution in [0, 0.1) is 0 Å². The Morgan fingerprint density at radius 2 is 1.19 bits per heavy atom. The minimum atomic E-state index is -0.413. The van der Waals surface area contributed by atoms with E-state index in [9.17, 15) is 15.0 Å². The van der Waals surface area contributed by atoms with E-state index in [2.05, 4.69) is 71.3 Å². The molecule has 0 saturated carbocycles. The minimum absolute atomic E-state index is 0.0561. The van der Waals surface area contributed by atoms with Gasteiger partial charge in [-0.05, 0) is 72.8 Å². The second kappa shape index (κ2) is 11.8. The number of thioether (sulfide) groups is 2. The maximum Gasteiger partial charge on any atom is 0.197 e. The predicted octanol–water partition coefficient (Wildman–Crippen LogP) is 5.96. The van der Waals surface area contributed by atoms with Gasteiger partial charge < -0.3 is 14.8 Å². The number of nitrogens with zero attached hydrogens (tertiary/aromatic N) is 1. The second-order valence-electron chi connectivity index (χ2n) is 8.48. The quantitative estimate of drug-likeness (QED) is 0.136. The Bertz CT molecular complexity index is 1530. The summed E-state index contributed by atoms with van der Waals surface area (Å²) in [6, 6.07) is 31.1. The van der Waals surface area contributed by atoms with E-state index in [1.54, 1.807) is 23.5 Å². The first-order chi connectivity index (χ1) is 18.1. The number of aromatic nitrogens is 1. The summed E-state index contributed by atoms with van der Waals surface area (Å²) < 4.78 is 2.09. The lowest BCUT2D eigenvalue weighted by Gasteiger charge is -2.13. The first-order valence-corrected chi connectivity index (χ1v) is 15.2. The zero-order chi connectivity index (χ0) is 25.8. The number of para-hydroxylation sites is 1. The van der Waals surface area contributed by atoms with Crippen molar-refractivity contribution in [2.24, 2.45) is 7.05 Å².